The number of rotatable bonds is 25. The summed E-state index contributed by atoms with van der Waals surface area (Å²) in [5.74, 6) is 0.869. The first kappa shape index (κ1) is 63.0. The van der Waals surface area contributed by atoms with Gasteiger partial charge in [-0.2, -0.15) is 16.8 Å². The smallest absolute Gasteiger partial charge is 0.298 e. The highest BCUT2D eigenvalue weighted by molar-refractivity contribution is 7.95. The average Bonchev–Trinajstić information content (AvgIpc) is 1.46. The van der Waals surface area contributed by atoms with E-state index in [1.54, 1.807) is 104 Å². The molecule has 0 unspecified atom stereocenters. The lowest BCUT2D eigenvalue weighted by molar-refractivity contribution is -0.432. The molecule has 0 radical (unpaired) electrons. The van der Waals surface area contributed by atoms with Crippen LogP contribution in [0.2, 0.25) is 0 Å². The van der Waals surface area contributed by atoms with Gasteiger partial charge in [-0.3, -0.25) is 23.5 Å². The Balaban J connectivity index is 0.824. The molecular weight excluding hydrogens is 1200 g/mol. The maximum atomic E-state index is 13.8. The molecule has 0 aliphatic carbocycles. The van der Waals surface area contributed by atoms with Crippen molar-refractivity contribution >= 4 is 61.7 Å². The molecule has 23 heteroatoms. The van der Waals surface area contributed by atoms with Crippen molar-refractivity contribution < 1.29 is 88.5 Å². The number of carbonyl (C=O) groups excluding carboxylic acids is 3. The molecule has 4 N–H and O–H groups in total. The number of ketones is 3. The van der Waals surface area contributed by atoms with E-state index in [1.807, 2.05) is 62.4 Å². The van der Waals surface area contributed by atoms with Crippen LogP contribution in [0.4, 0.5) is 0 Å². The first-order valence-corrected chi connectivity index (χ1v) is 30.3. The van der Waals surface area contributed by atoms with E-state index >= 15 is 0 Å². The third kappa shape index (κ3) is 15.0. The van der Waals surface area contributed by atoms with Crippen LogP contribution in [0.15, 0.2) is 220 Å². The van der Waals surface area contributed by atoms with Crippen molar-refractivity contribution in [3.63, 3.8) is 0 Å². The second kappa shape index (κ2) is 26.6. The fourth-order valence-electron chi connectivity index (χ4n) is 9.27. The Morgan fingerprint density at radius 1 is 0.402 bits per heavy atom. The molecule has 9 aromatic rings. The second-order valence-electron chi connectivity index (χ2n) is 20.4. The van der Waals surface area contributed by atoms with E-state index in [0.717, 1.165) is 58.3 Å². The zero-order chi connectivity index (χ0) is 62.3. The average molecular weight is 1250 g/mol. The summed E-state index contributed by atoms with van der Waals surface area (Å²) in [7, 11) is -8.49. The monoisotopic (exact) mass is 1250 g/mol. The van der Waals surface area contributed by atoms with Gasteiger partial charge in [-0.1, -0.05) is 105 Å². The van der Waals surface area contributed by atoms with Crippen LogP contribution in [0.25, 0.3) is 0 Å². The van der Waals surface area contributed by atoms with Gasteiger partial charge in [-0.25, -0.2) is 10.5 Å². The van der Waals surface area contributed by atoms with E-state index in [4.69, 9.17) is 29.5 Å². The molecule has 19 nitrogen and oxygen atoms in total. The molecule has 0 bridgehead atoms. The fraction of sp³-hybridized carbons (Fsp3) is 0.109. The van der Waals surface area contributed by atoms with E-state index in [0.29, 0.717) is 45.3 Å². The van der Waals surface area contributed by atoms with Crippen molar-refractivity contribution in [1.29, 1.82) is 0 Å². The van der Waals surface area contributed by atoms with Gasteiger partial charge < -0.3 is 18.9 Å². The maximum Gasteiger partial charge on any atom is 0.298 e. The van der Waals surface area contributed by atoms with E-state index in [1.165, 1.54) is 12.1 Å². The lowest BCUT2D eigenvalue weighted by atomic mass is 9.78. The SMILES string of the molecule is COc1ccc(C(C)(C)c2ccc(Oc3ccc(C(=O)c4cccc(C(=O)c5ccc(Oc6ccc(C(C)(C)c7ccc(Oc8c(SOOO)cc(C(=O)c9cc(SOOO)cc(S(=O)(=O)O)c9)cc8S(=O)(=O)O)cc7)cc6)cc5)c4)cc3)cc2)cc1. The summed E-state index contributed by atoms with van der Waals surface area (Å²) in [6.45, 7) is 8.25. The molecule has 0 aliphatic heterocycles. The zero-order valence-electron chi connectivity index (χ0n) is 46.6. The summed E-state index contributed by atoms with van der Waals surface area (Å²) in [6.07, 6.45) is 0. The molecule has 446 valence electrons. The number of ether oxygens (including phenoxy) is 4. The van der Waals surface area contributed by atoms with Crippen LogP contribution in [-0.4, -0.2) is 60.9 Å². The minimum Gasteiger partial charge on any atom is -0.497 e. The van der Waals surface area contributed by atoms with Gasteiger partial charge in [0, 0.05) is 49.1 Å². The highest BCUT2D eigenvalue weighted by Gasteiger charge is 2.29. The van der Waals surface area contributed by atoms with Crippen molar-refractivity contribution in [3.05, 3.63) is 256 Å². The number of hydrogen-bond acceptors (Lipinski definition) is 19. The van der Waals surface area contributed by atoms with E-state index in [-0.39, 0.29) is 56.6 Å². The third-order valence-electron chi connectivity index (χ3n) is 14.2. The summed E-state index contributed by atoms with van der Waals surface area (Å²) in [5, 5.41) is 24.8. The number of benzene rings is 9. The minimum atomic E-state index is -5.21. The number of hydrogen-bond donors (Lipinski definition) is 4. The molecule has 9 aromatic carbocycles. The molecule has 0 aliphatic rings. The van der Waals surface area contributed by atoms with Crippen molar-refractivity contribution in [2.24, 2.45) is 0 Å². The van der Waals surface area contributed by atoms with Crippen LogP contribution in [0.3, 0.4) is 0 Å². The molecule has 0 aromatic heterocycles. The zero-order valence-corrected chi connectivity index (χ0v) is 49.9. The van der Waals surface area contributed by atoms with E-state index < -0.39 is 58.1 Å². The predicted octanol–water partition coefficient (Wildman–Crippen LogP) is 14.8. The van der Waals surface area contributed by atoms with Crippen molar-refractivity contribution in [2.75, 3.05) is 7.11 Å². The molecule has 0 saturated heterocycles. The van der Waals surface area contributed by atoms with Gasteiger partial charge in [0.15, 0.2) is 23.1 Å². The fourth-order valence-corrected chi connectivity index (χ4v) is 11.6. The summed E-state index contributed by atoms with van der Waals surface area (Å²) in [5.41, 5.74) is 3.60. The minimum absolute atomic E-state index is 0.0496. The van der Waals surface area contributed by atoms with Crippen molar-refractivity contribution in [3.8, 4) is 40.2 Å². The van der Waals surface area contributed by atoms with Crippen LogP contribution < -0.4 is 18.9 Å². The van der Waals surface area contributed by atoms with Crippen LogP contribution in [-0.2, 0) is 49.8 Å². The molecular formula is C64H52O19S4. The Bertz CT molecular complexity index is 4210. The summed E-state index contributed by atoms with van der Waals surface area (Å²) < 4.78 is 102. The lowest BCUT2D eigenvalue weighted by Crippen LogP contribution is -2.18. The molecule has 0 spiro atoms. The highest BCUT2D eigenvalue weighted by atomic mass is 32.2. The Kier molecular flexibility index (Phi) is 19.3. The van der Waals surface area contributed by atoms with E-state index in [2.05, 4.69) is 44.7 Å². The van der Waals surface area contributed by atoms with Gasteiger partial charge in [-0.15, -0.1) is 8.67 Å². The van der Waals surface area contributed by atoms with Gasteiger partial charge in [0.1, 0.15) is 39.4 Å². The number of methoxy groups -OCH3 is 1. The first-order valence-electron chi connectivity index (χ1n) is 26.0. The van der Waals surface area contributed by atoms with Gasteiger partial charge >= 0.3 is 0 Å². The first-order chi connectivity index (χ1) is 41.4. The molecule has 9 rings (SSSR count). The second-order valence-corrected chi connectivity index (χ2v) is 24.7. The van der Waals surface area contributed by atoms with Gasteiger partial charge in [0.25, 0.3) is 20.2 Å². The molecule has 0 fully saturated rings. The van der Waals surface area contributed by atoms with Crippen LogP contribution in [0.5, 0.6) is 40.2 Å². The predicted molar refractivity (Wildman–Crippen MR) is 320 cm³/mol. The molecule has 87 heavy (non-hydrogen) atoms. The molecule has 0 heterocycles. The molecule has 0 saturated carbocycles. The van der Waals surface area contributed by atoms with Gasteiger partial charge in [-0.05, 0) is 156 Å². The van der Waals surface area contributed by atoms with Gasteiger partial charge in [0.2, 0.25) is 0 Å². The standard InChI is InChI=1S/C64H52O19S4/c1-63(2,45-13-25-49(76-5)26-14-45)46-15-27-52(28-16-46)77-50-21-9-39(10-22-50)59(65)41-7-6-8-42(33-41)60(66)40-11-23-51(24-12-40)78-53-29-17-47(18-30-53)64(3,4)48-19-31-54(32-20-48)79-62-57(85-83-81-69)36-44(37-58(62)87(73,74)75)61(67)43-34-55(84-82-80-68)38-56(35-43)86(70,71)72/h6-38,68-69H,1-5H3,(H,70,71,72)(H,73,74,75). The van der Waals surface area contributed by atoms with Crippen LogP contribution >= 0.6 is 24.1 Å². The Hall–Kier alpha value is -8.53. The van der Waals surface area contributed by atoms with Gasteiger partial charge in [0.05, 0.1) is 41.0 Å². The van der Waals surface area contributed by atoms with Crippen molar-refractivity contribution in [1.82, 2.24) is 0 Å². The third-order valence-corrected chi connectivity index (χ3v) is 17.0. The quantitative estimate of drug-likeness (QED) is 0.0136. The Morgan fingerprint density at radius 3 is 1.18 bits per heavy atom. The maximum absolute atomic E-state index is 13.8. The van der Waals surface area contributed by atoms with Crippen LogP contribution in [0.1, 0.15) is 97.7 Å². The molecule has 0 atom stereocenters. The summed E-state index contributed by atoms with van der Waals surface area (Å²) in [4.78, 5) is 39.0. The summed E-state index contributed by atoms with van der Waals surface area (Å²) in [6, 6.07) is 54.3. The van der Waals surface area contributed by atoms with Crippen LogP contribution in [0, 0.1) is 0 Å². The largest absolute Gasteiger partial charge is 0.497 e. The summed E-state index contributed by atoms with van der Waals surface area (Å²) >= 11 is 0.446. The van der Waals surface area contributed by atoms with Crippen molar-refractivity contribution in [2.45, 2.75) is 58.1 Å². The number of carbonyl (C=O) groups is 3. The lowest BCUT2D eigenvalue weighted by Gasteiger charge is -2.26. The Morgan fingerprint density at radius 2 is 0.782 bits per heavy atom. The Labute approximate surface area is 508 Å². The normalized spacial score (nSPS) is 11.9. The van der Waals surface area contributed by atoms with E-state index in [9.17, 15) is 40.3 Å². The molecule has 0 amide bonds. The highest BCUT2D eigenvalue weighted by Crippen LogP contribution is 2.42. The topological polar surface area (TPSA) is 274 Å².